The molecule has 29 heavy (non-hydrogen) atoms. The van der Waals surface area contributed by atoms with Gasteiger partial charge in [-0.3, -0.25) is 4.79 Å². The molecule has 0 atom stereocenters. The Balaban J connectivity index is 2.42. The fourth-order valence-electron chi connectivity index (χ4n) is 2.37. The lowest BCUT2D eigenvalue weighted by molar-refractivity contribution is -0.107. The van der Waals surface area contributed by atoms with Gasteiger partial charge in [0.05, 0.1) is 11.9 Å². The molecule has 1 aliphatic carbocycles. The number of anilines is 1. The van der Waals surface area contributed by atoms with Crippen LogP contribution in [0, 0.1) is 0 Å². The summed E-state index contributed by atoms with van der Waals surface area (Å²) in [7, 11) is -6.04. The minimum Gasteiger partial charge on any atom is -0.417 e. The van der Waals surface area contributed by atoms with Gasteiger partial charge < -0.3 is 8.92 Å². The van der Waals surface area contributed by atoms with Crippen molar-refractivity contribution in [2.45, 2.75) is 38.3 Å². The number of carbonyl (C=O) groups is 1. The van der Waals surface area contributed by atoms with E-state index in [1.807, 2.05) is 0 Å². The van der Waals surface area contributed by atoms with E-state index in [-0.39, 0.29) is 24.1 Å². The zero-order valence-electron chi connectivity index (χ0n) is 14.7. The summed E-state index contributed by atoms with van der Waals surface area (Å²) in [6.07, 6.45) is 2.12. The van der Waals surface area contributed by atoms with E-state index >= 15 is 0 Å². The van der Waals surface area contributed by atoms with Crippen molar-refractivity contribution in [1.29, 1.82) is 0 Å². The highest BCUT2D eigenvalue weighted by atomic mass is 32.2. The molecular weight excluding hydrogens is 429 g/mol. The molecule has 1 amide bonds. The molecule has 0 saturated carbocycles. The van der Waals surface area contributed by atoms with Crippen LogP contribution in [0.2, 0.25) is 0 Å². The number of hydrazone groups is 1. The minimum atomic E-state index is -6.04. The molecule has 8 nitrogen and oxygen atoms in total. The zero-order valence-corrected chi connectivity index (χ0v) is 15.5. The average molecular weight is 443 g/mol. The van der Waals surface area contributed by atoms with Crippen LogP contribution in [0.1, 0.15) is 26.2 Å². The molecule has 0 radical (unpaired) electrons. The fourth-order valence-corrected chi connectivity index (χ4v) is 2.81. The van der Waals surface area contributed by atoms with Crippen molar-refractivity contribution in [2.24, 2.45) is 5.10 Å². The number of carbonyl (C=O) groups excluding carboxylic acids is 1. The largest absolute Gasteiger partial charge is 0.534 e. The molecule has 0 N–H and O–H groups in total. The molecule has 0 aromatic carbocycles. The number of hydrogen-bond donors (Lipinski definition) is 0. The zero-order chi connectivity index (χ0) is 21.8. The molecule has 1 aliphatic rings. The second-order valence-electron chi connectivity index (χ2n) is 5.68. The maximum Gasteiger partial charge on any atom is 0.534 e. The first kappa shape index (κ1) is 22.5. The number of allylic oxidation sites excluding steroid dienone is 1. The van der Waals surface area contributed by atoms with Crippen LogP contribution in [0.5, 0.6) is 5.88 Å². The van der Waals surface area contributed by atoms with Crippen molar-refractivity contribution in [3.63, 3.8) is 0 Å². The van der Waals surface area contributed by atoms with Gasteiger partial charge in [-0.25, -0.2) is 4.98 Å². The van der Waals surface area contributed by atoms with Crippen LogP contribution in [0.25, 0.3) is 0 Å². The summed E-state index contributed by atoms with van der Waals surface area (Å²) in [6.45, 7) is -1.58. The number of alkyl halides is 5. The first-order valence-electron chi connectivity index (χ1n) is 7.88. The normalized spacial score (nSPS) is 15.6. The quantitative estimate of drug-likeness (QED) is 0.122. The number of nitrogens with zero attached hydrogens (tertiary/aromatic N) is 3. The third-order valence-corrected chi connectivity index (χ3v) is 4.66. The predicted octanol–water partition coefficient (Wildman–Crippen LogP) is 3.33. The molecule has 0 bridgehead atoms. The lowest BCUT2D eigenvalue weighted by Crippen LogP contribution is -2.30. The first-order valence-corrected chi connectivity index (χ1v) is 9.29. The van der Waals surface area contributed by atoms with E-state index in [4.69, 9.17) is 0 Å². The van der Waals surface area contributed by atoms with Gasteiger partial charge in [0, 0.05) is 11.6 Å². The maximum atomic E-state index is 12.7. The van der Waals surface area contributed by atoms with Crippen LogP contribution >= 0.6 is 0 Å². The van der Waals surface area contributed by atoms with Crippen LogP contribution in [-0.2, 0) is 19.1 Å². The molecule has 0 unspecified atom stereocenters. The van der Waals surface area contributed by atoms with E-state index in [1.54, 1.807) is 6.92 Å². The summed E-state index contributed by atoms with van der Waals surface area (Å²) in [5.74, 6) is -1.40. The Hall–Kier alpha value is -2.77. The molecule has 160 valence electrons. The second-order valence-corrected chi connectivity index (χ2v) is 7.22. The van der Waals surface area contributed by atoms with Gasteiger partial charge in [-0.15, -0.1) is 5.10 Å². The topological polar surface area (TPSA) is 98.2 Å². The van der Waals surface area contributed by atoms with Crippen molar-refractivity contribution in [1.82, 2.24) is 4.98 Å². The molecule has 14 heteroatoms. The van der Waals surface area contributed by atoms with Crippen molar-refractivity contribution in [3.05, 3.63) is 29.5 Å². The fraction of sp³-hybridized carbons (Fsp3) is 0.400. The average Bonchev–Trinajstić information content (AvgIpc) is 3.04. The van der Waals surface area contributed by atoms with E-state index in [0.29, 0.717) is 23.4 Å². The van der Waals surface area contributed by atoms with E-state index < -0.39 is 34.0 Å². The van der Waals surface area contributed by atoms with E-state index in [9.17, 15) is 35.2 Å². The van der Waals surface area contributed by atoms with Crippen LogP contribution in [0.4, 0.5) is 27.6 Å². The van der Waals surface area contributed by atoms with Gasteiger partial charge in [-0.2, -0.15) is 35.4 Å². The Bertz CT molecular complexity index is 913. The summed E-state index contributed by atoms with van der Waals surface area (Å²) >= 11 is 0. The molecule has 0 aliphatic heterocycles. The van der Waals surface area contributed by atoms with Crippen molar-refractivity contribution in [2.75, 3.05) is 5.01 Å². The van der Waals surface area contributed by atoms with Crippen LogP contribution in [0.3, 0.4) is 0 Å². The first-order chi connectivity index (χ1) is 13.4. The molecule has 1 aromatic heterocycles. The number of ether oxygens (including phenoxy) is 1. The monoisotopic (exact) mass is 443 g/mol. The van der Waals surface area contributed by atoms with Gasteiger partial charge >= 0.3 is 22.2 Å². The number of aromatic nitrogens is 1. The summed E-state index contributed by atoms with van der Waals surface area (Å²) in [5, 5.41) is 4.04. The lowest BCUT2D eigenvalue weighted by atomic mass is 10.2. The Morgan fingerprint density at radius 1 is 1.31 bits per heavy atom. The SMILES string of the molecule is CC1=C(/C(=N\N(C=O)c2ccc(OC(F)F)nc2)OS(=O)(=O)C(F)(F)F)CCC1. The van der Waals surface area contributed by atoms with Crippen molar-refractivity contribution < 1.29 is 44.1 Å². The van der Waals surface area contributed by atoms with Gasteiger partial charge in [0.1, 0.15) is 0 Å². The van der Waals surface area contributed by atoms with Gasteiger partial charge in [0.25, 0.3) is 5.90 Å². The van der Waals surface area contributed by atoms with Gasteiger partial charge in [0.2, 0.25) is 12.3 Å². The van der Waals surface area contributed by atoms with Crippen LogP contribution < -0.4 is 9.75 Å². The van der Waals surface area contributed by atoms with E-state index in [0.717, 1.165) is 18.3 Å². The second kappa shape index (κ2) is 8.71. The summed E-state index contributed by atoms with van der Waals surface area (Å²) < 4.78 is 93.5. The van der Waals surface area contributed by atoms with Crippen LogP contribution in [0.15, 0.2) is 34.6 Å². The molecule has 1 heterocycles. The third-order valence-electron chi connectivity index (χ3n) is 3.72. The highest BCUT2D eigenvalue weighted by Crippen LogP contribution is 2.31. The Labute approximate surface area is 161 Å². The molecule has 0 spiro atoms. The number of pyridine rings is 1. The van der Waals surface area contributed by atoms with E-state index in [2.05, 4.69) is 19.0 Å². The molecular formula is C15H14F5N3O5S. The highest BCUT2D eigenvalue weighted by Gasteiger charge is 2.49. The van der Waals surface area contributed by atoms with Crippen molar-refractivity contribution >= 4 is 28.1 Å². The Kier molecular flexibility index (Phi) is 6.77. The molecule has 0 saturated heterocycles. The van der Waals surface area contributed by atoms with E-state index in [1.165, 1.54) is 0 Å². The molecule has 2 rings (SSSR count). The number of rotatable bonds is 7. The number of hydrogen-bond acceptors (Lipinski definition) is 7. The molecule has 0 fully saturated rings. The van der Waals surface area contributed by atoms with Gasteiger partial charge in [-0.05, 0) is 32.3 Å². The lowest BCUT2D eigenvalue weighted by Gasteiger charge is -2.17. The van der Waals surface area contributed by atoms with Gasteiger partial charge in [-0.1, -0.05) is 5.57 Å². The Morgan fingerprint density at radius 3 is 2.45 bits per heavy atom. The number of halogens is 5. The number of amides is 1. The maximum absolute atomic E-state index is 12.7. The third kappa shape index (κ3) is 5.62. The molecule has 1 aromatic rings. The Morgan fingerprint density at radius 2 is 2.00 bits per heavy atom. The smallest absolute Gasteiger partial charge is 0.417 e. The van der Waals surface area contributed by atoms with Crippen LogP contribution in [-0.4, -0.2) is 37.8 Å². The standard InChI is InChI=1S/C15H14F5N3O5S/c1-9-3-2-4-11(9)13(28-29(25,26)15(18,19)20)22-23(8-24)10-5-6-12(21-7-10)27-14(16)17/h5-8,14H,2-4H2,1H3/b22-13+. The van der Waals surface area contributed by atoms with Gasteiger partial charge in [0.15, 0.2) is 0 Å². The summed E-state index contributed by atoms with van der Waals surface area (Å²) in [4.78, 5) is 14.9. The summed E-state index contributed by atoms with van der Waals surface area (Å²) in [6, 6.07) is 2.02. The highest BCUT2D eigenvalue weighted by molar-refractivity contribution is 7.88. The van der Waals surface area contributed by atoms with Crippen molar-refractivity contribution in [3.8, 4) is 5.88 Å². The minimum absolute atomic E-state index is 0.0546. The summed E-state index contributed by atoms with van der Waals surface area (Å²) in [5.41, 5.74) is -5.22. The predicted molar refractivity (Wildman–Crippen MR) is 89.5 cm³/mol.